The highest BCUT2D eigenvalue weighted by Gasteiger charge is 2.09. The SMILES string of the molecule is Cc1ccnnc1-c1cc(F)ccc1O. The number of halogens is 1. The number of benzene rings is 1. The Balaban J connectivity index is 2.64. The van der Waals surface area contributed by atoms with Gasteiger partial charge in [0.1, 0.15) is 11.6 Å². The molecule has 15 heavy (non-hydrogen) atoms. The average Bonchev–Trinajstić information content (AvgIpc) is 2.23. The first kappa shape index (κ1) is 9.58. The molecule has 0 spiro atoms. The van der Waals surface area contributed by atoms with Crippen LogP contribution in [0.1, 0.15) is 5.56 Å². The Bertz CT molecular complexity index is 500. The summed E-state index contributed by atoms with van der Waals surface area (Å²) in [6.07, 6.45) is 1.55. The third-order valence-corrected chi connectivity index (χ3v) is 2.14. The molecule has 0 aliphatic heterocycles. The van der Waals surface area contributed by atoms with Gasteiger partial charge in [-0.3, -0.25) is 0 Å². The second-order valence-electron chi connectivity index (χ2n) is 3.22. The maximum absolute atomic E-state index is 13.0. The van der Waals surface area contributed by atoms with E-state index in [1.807, 2.05) is 6.92 Å². The normalized spacial score (nSPS) is 10.3. The van der Waals surface area contributed by atoms with Crippen molar-refractivity contribution in [1.82, 2.24) is 10.2 Å². The molecule has 0 saturated carbocycles. The van der Waals surface area contributed by atoms with Crippen molar-refractivity contribution >= 4 is 0 Å². The number of phenols is 1. The van der Waals surface area contributed by atoms with Crippen LogP contribution in [0.4, 0.5) is 4.39 Å². The predicted octanol–water partition coefficient (Wildman–Crippen LogP) is 2.30. The van der Waals surface area contributed by atoms with E-state index in [9.17, 15) is 9.50 Å². The van der Waals surface area contributed by atoms with Gasteiger partial charge in [0.05, 0.1) is 5.69 Å². The number of nitrogens with zero attached hydrogens (tertiary/aromatic N) is 2. The molecule has 0 atom stereocenters. The lowest BCUT2D eigenvalue weighted by atomic mass is 10.1. The zero-order valence-electron chi connectivity index (χ0n) is 8.11. The van der Waals surface area contributed by atoms with Gasteiger partial charge in [-0.05, 0) is 36.8 Å². The second kappa shape index (κ2) is 3.65. The van der Waals surface area contributed by atoms with Crippen LogP contribution in [0, 0.1) is 12.7 Å². The van der Waals surface area contributed by atoms with E-state index in [2.05, 4.69) is 10.2 Å². The summed E-state index contributed by atoms with van der Waals surface area (Å²) in [6.45, 7) is 1.83. The van der Waals surface area contributed by atoms with Gasteiger partial charge >= 0.3 is 0 Å². The van der Waals surface area contributed by atoms with Gasteiger partial charge in [-0.15, -0.1) is 0 Å². The molecule has 1 aromatic heterocycles. The van der Waals surface area contributed by atoms with E-state index in [1.54, 1.807) is 12.3 Å². The van der Waals surface area contributed by atoms with Gasteiger partial charge < -0.3 is 5.11 Å². The van der Waals surface area contributed by atoms with Gasteiger partial charge in [0.2, 0.25) is 0 Å². The second-order valence-corrected chi connectivity index (χ2v) is 3.22. The van der Waals surface area contributed by atoms with Crippen molar-refractivity contribution in [2.24, 2.45) is 0 Å². The van der Waals surface area contributed by atoms with E-state index in [1.165, 1.54) is 18.2 Å². The molecule has 0 aliphatic carbocycles. The molecular formula is C11H9FN2O. The standard InChI is InChI=1S/C11H9FN2O/c1-7-4-5-13-14-11(7)9-6-8(12)2-3-10(9)15/h2-6,15H,1H3. The Morgan fingerprint density at radius 1 is 1.27 bits per heavy atom. The van der Waals surface area contributed by atoms with Crippen molar-refractivity contribution < 1.29 is 9.50 Å². The van der Waals surface area contributed by atoms with Crippen molar-refractivity contribution in [3.63, 3.8) is 0 Å². The zero-order chi connectivity index (χ0) is 10.8. The van der Waals surface area contributed by atoms with E-state index in [0.29, 0.717) is 11.3 Å². The fourth-order valence-electron chi connectivity index (χ4n) is 1.36. The smallest absolute Gasteiger partial charge is 0.125 e. The molecule has 0 fully saturated rings. The van der Waals surface area contributed by atoms with Crippen LogP contribution in [-0.2, 0) is 0 Å². The summed E-state index contributed by atoms with van der Waals surface area (Å²) in [7, 11) is 0. The van der Waals surface area contributed by atoms with Gasteiger partial charge in [0.25, 0.3) is 0 Å². The van der Waals surface area contributed by atoms with Crippen LogP contribution in [0.2, 0.25) is 0 Å². The third-order valence-electron chi connectivity index (χ3n) is 2.14. The molecule has 0 amide bonds. The zero-order valence-corrected chi connectivity index (χ0v) is 8.11. The molecule has 4 heteroatoms. The van der Waals surface area contributed by atoms with Crippen LogP contribution in [0.25, 0.3) is 11.3 Å². The van der Waals surface area contributed by atoms with Gasteiger partial charge in [-0.2, -0.15) is 10.2 Å². The molecule has 3 nitrogen and oxygen atoms in total. The first-order valence-corrected chi connectivity index (χ1v) is 4.45. The fraction of sp³-hybridized carbons (Fsp3) is 0.0909. The molecule has 1 heterocycles. The average molecular weight is 204 g/mol. The summed E-state index contributed by atoms with van der Waals surface area (Å²) in [4.78, 5) is 0. The van der Waals surface area contributed by atoms with Crippen LogP contribution < -0.4 is 0 Å². The molecule has 0 aliphatic rings. The quantitative estimate of drug-likeness (QED) is 0.775. The minimum Gasteiger partial charge on any atom is -0.507 e. The molecular weight excluding hydrogens is 195 g/mol. The number of hydrogen-bond acceptors (Lipinski definition) is 3. The lowest BCUT2D eigenvalue weighted by Gasteiger charge is -2.05. The molecule has 0 bridgehead atoms. The lowest BCUT2D eigenvalue weighted by Crippen LogP contribution is -1.91. The topological polar surface area (TPSA) is 46.0 Å². The van der Waals surface area contributed by atoms with E-state index >= 15 is 0 Å². The monoisotopic (exact) mass is 204 g/mol. The number of phenolic OH excluding ortho intramolecular Hbond substituents is 1. The summed E-state index contributed by atoms with van der Waals surface area (Å²) in [6, 6.07) is 5.50. The van der Waals surface area contributed by atoms with Gasteiger partial charge in [0, 0.05) is 11.8 Å². The molecule has 0 unspecified atom stereocenters. The van der Waals surface area contributed by atoms with Crippen LogP contribution in [0.15, 0.2) is 30.5 Å². The highest BCUT2D eigenvalue weighted by molar-refractivity contribution is 5.68. The van der Waals surface area contributed by atoms with Crippen molar-refractivity contribution in [2.75, 3.05) is 0 Å². The minimum atomic E-state index is -0.409. The first-order chi connectivity index (χ1) is 7.18. The van der Waals surface area contributed by atoms with E-state index in [-0.39, 0.29) is 5.75 Å². The van der Waals surface area contributed by atoms with E-state index in [4.69, 9.17) is 0 Å². The highest BCUT2D eigenvalue weighted by atomic mass is 19.1. The number of aromatic nitrogens is 2. The summed E-state index contributed by atoms with van der Waals surface area (Å²) in [5.74, 6) is -0.409. The first-order valence-electron chi connectivity index (χ1n) is 4.45. The Labute approximate surface area is 86.2 Å². The third kappa shape index (κ3) is 1.79. The summed E-state index contributed by atoms with van der Waals surface area (Å²) in [5.41, 5.74) is 1.70. The van der Waals surface area contributed by atoms with Gasteiger partial charge in [-0.1, -0.05) is 0 Å². The number of rotatable bonds is 1. The minimum absolute atomic E-state index is 0.000000000000000222. The molecule has 0 radical (unpaired) electrons. The number of aryl methyl sites for hydroxylation is 1. The van der Waals surface area contributed by atoms with Gasteiger partial charge in [-0.25, -0.2) is 4.39 Å². The molecule has 0 saturated heterocycles. The van der Waals surface area contributed by atoms with Crippen LogP contribution in [0.3, 0.4) is 0 Å². The van der Waals surface area contributed by atoms with Crippen molar-refractivity contribution in [2.45, 2.75) is 6.92 Å². The Morgan fingerprint density at radius 3 is 2.80 bits per heavy atom. The maximum atomic E-state index is 13.0. The Hall–Kier alpha value is -1.97. The van der Waals surface area contributed by atoms with E-state index in [0.717, 1.165) is 5.56 Å². The van der Waals surface area contributed by atoms with Crippen LogP contribution in [0.5, 0.6) is 5.75 Å². The summed E-state index contributed by atoms with van der Waals surface area (Å²) < 4.78 is 13.0. The van der Waals surface area contributed by atoms with Crippen molar-refractivity contribution in [1.29, 1.82) is 0 Å². The van der Waals surface area contributed by atoms with Crippen molar-refractivity contribution in [3.8, 4) is 17.0 Å². The fourth-order valence-corrected chi connectivity index (χ4v) is 1.36. The molecule has 1 N–H and O–H groups in total. The Kier molecular flexibility index (Phi) is 2.33. The maximum Gasteiger partial charge on any atom is 0.125 e. The molecule has 2 aromatic rings. The van der Waals surface area contributed by atoms with Crippen molar-refractivity contribution in [3.05, 3.63) is 41.8 Å². The largest absolute Gasteiger partial charge is 0.507 e. The lowest BCUT2D eigenvalue weighted by molar-refractivity contribution is 0.475. The summed E-state index contributed by atoms with van der Waals surface area (Å²) >= 11 is 0. The van der Waals surface area contributed by atoms with Crippen LogP contribution in [-0.4, -0.2) is 15.3 Å². The van der Waals surface area contributed by atoms with Gasteiger partial charge in [0.15, 0.2) is 0 Å². The number of aromatic hydroxyl groups is 1. The molecule has 76 valence electrons. The molecule has 1 aromatic carbocycles. The van der Waals surface area contributed by atoms with E-state index < -0.39 is 5.82 Å². The Morgan fingerprint density at radius 2 is 2.07 bits per heavy atom. The molecule has 2 rings (SSSR count). The number of hydrogen-bond donors (Lipinski definition) is 1. The highest BCUT2D eigenvalue weighted by Crippen LogP contribution is 2.29. The predicted molar refractivity (Wildman–Crippen MR) is 53.8 cm³/mol. The van der Waals surface area contributed by atoms with Crippen LogP contribution >= 0.6 is 0 Å². The summed E-state index contributed by atoms with van der Waals surface area (Å²) in [5, 5.41) is 17.2.